The molecule has 7 heteroatoms. The highest BCUT2D eigenvalue weighted by Gasteiger charge is 2.45. The van der Waals surface area contributed by atoms with Crippen LogP contribution in [0.15, 0.2) is 18.2 Å². The Kier molecular flexibility index (Phi) is 3.67. The summed E-state index contributed by atoms with van der Waals surface area (Å²) >= 11 is 5.62. The Labute approximate surface area is 99.8 Å². The van der Waals surface area contributed by atoms with Gasteiger partial charge in [0.1, 0.15) is 5.75 Å². The Balaban J connectivity index is 3.24. The van der Waals surface area contributed by atoms with Crippen LogP contribution in [0.2, 0.25) is 5.02 Å². The van der Waals surface area contributed by atoms with Crippen LogP contribution < -0.4 is 4.74 Å². The fourth-order valence-corrected chi connectivity index (χ4v) is 1.32. The van der Waals surface area contributed by atoms with E-state index in [-0.39, 0.29) is 10.8 Å². The summed E-state index contributed by atoms with van der Waals surface area (Å²) in [6.45, 7) is 0. The van der Waals surface area contributed by atoms with Gasteiger partial charge in [0, 0.05) is 5.56 Å². The predicted octanol–water partition coefficient (Wildman–Crippen LogP) is 2.09. The summed E-state index contributed by atoms with van der Waals surface area (Å²) in [5, 5.41) is 8.35. The molecular formula is C10H7ClF2O4. The van der Waals surface area contributed by atoms with Crippen molar-refractivity contribution in [1.29, 1.82) is 0 Å². The molecule has 0 atom stereocenters. The average molecular weight is 265 g/mol. The van der Waals surface area contributed by atoms with Crippen molar-refractivity contribution >= 4 is 23.4 Å². The Morgan fingerprint density at radius 2 is 2.00 bits per heavy atom. The van der Waals surface area contributed by atoms with Gasteiger partial charge in [0.15, 0.2) is 0 Å². The van der Waals surface area contributed by atoms with Gasteiger partial charge >= 0.3 is 17.7 Å². The number of halogens is 3. The molecule has 0 radical (unpaired) electrons. The number of methoxy groups -OCH3 is 1. The van der Waals surface area contributed by atoms with Crippen LogP contribution >= 0.6 is 11.6 Å². The molecular weight excluding hydrogens is 258 g/mol. The Hall–Kier alpha value is -1.69. The molecule has 1 aromatic carbocycles. The number of rotatable bonds is 4. The van der Waals surface area contributed by atoms with Crippen LogP contribution in [-0.4, -0.2) is 24.0 Å². The van der Waals surface area contributed by atoms with E-state index in [9.17, 15) is 18.4 Å². The van der Waals surface area contributed by atoms with E-state index in [1.165, 1.54) is 7.11 Å². The first-order chi connectivity index (χ1) is 7.80. The Morgan fingerprint density at radius 1 is 1.41 bits per heavy atom. The molecule has 4 nitrogen and oxygen atoms in total. The summed E-state index contributed by atoms with van der Waals surface area (Å²) in [6, 6.07) is 2.79. The maximum absolute atomic E-state index is 13.4. The molecule has 0 aliphatic rings. The minimum atomic E-state index is -4.12. The van der Waals surface area contributed by atoms with E-state index in [2.05, 4.69) is 0 Å². The Morgan fingerprint density at radius 3 is 2.47 bits per heavy atom. The maximum Gasteiger partial charge on any atom is 0.379 e. The lowest BCUT2D eigenvalue weighted by Crippen LogP contribution is -2.32. The van der Waals surface area contributed by atoms with E-state index in [1.54, 1.807) is 0 Å². The van der Waals surface area contributed by atoms with Gasteiger partial charge in [0.05, 0.1) is 12.1 Å². The molecule has 0 aromatic heterocycles. The molecule has 0 bridgehead atoms. The topological polar surface area (TPSA) is 63.6 Å². The zero-order valence-corrected chi connectivity index (χ0v) is 9.29. The van der Waals surface area contributed by atoms with Crippen LogP contribution in [0.1, 0.15) is 5.56 Å². The predicted molar refractivity (Wildman–Crippen MR) is 54.5 cm³/mol. The second-order valence-electron chi connectivity index (χ2n) is 3.06. The zero-order valence-electron chi connectivity index (χ0n) is 8.54. The highest BCUT2D eigenvalue weighted by Crippen LogP contribution is 2.34. The fraction of sp³-hybridized carbons (Fsp3) is 0.200. The summed E-state index contributed by atoms with van der Waals surface area (Å²) in [6.07, 6.45) is 0. The van der Waals surface area contributed by atoms with Crippen molar-refractivity contribution in [2.45, 2.75) is 5.92 Å². The number of Topliss-reactive ketones (excluding diaryl/α,β-unsaturated/α-hetero) is 1. The average Bonchev–Trinajstić information content (AvgIpc) is 2.28. The minimum Gasteiger partial charge on any atom is -0.495 e. The first-order valence-corrected chi connectivity index (χ1v) is 4.68. The molecule has 1 aromatic rings. The van der Waals surface area contributed by atoms with Crippen LogP contribution in [0.4, 0.5) is 8.78 Å². The van der Waals surface area contributed by atoms with Crippen molar-refractivity contribution in [2.24, 2.45) is 0 Å². The molecule has 0 spiro atoms. The molecule has 0 saturated carbocycles. The quantitative estimate of drug-likeness (QED) is 0.846. The molecule has 0 saturated heterocycles. The van der Waals surface area contributed by atoms with Crippen molar-refractivity contribution in [3.63, 3.8) is 0 Å². The number of benzene rings is 1. The van der Waals surface area contributed by atoms with Gasteiger partial charge in [-0.2, -0.15) is 8.78 Å². The Bertz CT molecular complexity index is 473. The van der Waals surface area contributed by atoms with Crippen molar-refractivity contribution in [2.75, 3.05) is 7.11 Å². The number of ketones is 1. The molecule has 17 heavy (non-hydrogen) atoms. The largest absolute Gasteiger partial charge is 0.495 e. The van der Waals surface area contributed by atoms with Crippen molar-refractivity contribution in [3.05, 3.63) is 28.8 Å². The summed E-state index contributed by atoms with van der Waals surface area (Å²) in [5.74, 6) is -8.60. The number of ether oxygens (including phenoxy) is 1. The standard InChI is InChI=1S/C10H7ClF2O4/c1-17-7-4-5(2-3-6(7)11)10(12,13)8(14)9(15)16/h2-4H,1H3,(H,15,16). The molecule has 0 fully saturated rings. The highest BCUT2D eigenvalue weighted by atomic mass is 35.5. The van der Waals surface area contributed by atoms with E-state index in [1.807, 2.05) is 0 Å². The summed E-state index contributed by atoms with van der Waals surface area (Å²) in [7, 11) is 1.21. The normalized spacial score (nSPS) is 11.1. The van der Waals surface area contributed by atoms with Gasteiger partial charge in [-0.1, -0.05) is 17.7 Å². The van der Waals surface area contributed by atoms with E-state index < -0.39 is 23.2 Å². The molecule has 0 aliphatic heterocycles. The lowest BCUT2D eigenvalue weighted by Gasteiger charge is -2.14. The van der Waals surface area contributed by atoms with Crippen molar-refractivity contribution < 1.29 is 28.2 Å². The van der Waals surface area contributed by atoms with E-state index in [4.69, 9.17) is 21.4 Å². The zero-order chi connectivity index (χ0) is 13.2. The van der Waals surface area contributed by atoms with Crippen LogP contribution in [-0.2, 0) is 15.5 Å². The molecule has 0 heterocycles. The number of hydrogen-bond donors (Lipinski definition) is 1. The van der Waals surface area contributed by atoms with Gasteiger partial charge < -0.3 is 9.84 Å². The van der Waals surface area contributed by atoms with Crippen molar-refractivity contribution in [3.8, 4) is 5.75 Å². The SMILES string of the molecule is COc1cc(C(F)(F)C(=O)C(=O)O)ccc1Cl. The van der Waals surface area contributed by atoms with E-state index >= 15 is 0 Å². The number of carboxylic acids is 1. The van der Waals surface area contributed by atoms with Gasteiger partial charge in [0.2, 0.25) is 0 Å². The minimum absolute atomic E-state index is 0.0676. The fourth-order valence-electron chi connectivity index (χ4n) is 1.12. The van der Waals surface area contributed by atoms with Gasteiger partial charge in [-0.05, 0) is 12.1 Å². The third-order valence-corrected chi connectivity index (χ3v) is 2.31. The number of hydrogen-bond acceptors (Lipinski definition) is 3. The molecule has 1 rings (SSSR count). The number of carboxylic acid groups (broad SMARTS) is 1. The van der Waals surface area contributed by atoms with Crippen LogP contribution in [0.25, 0.3) is 0 Å². The summed E-state index contributed by atoms with van der Waals surface area (Å²) in [5.41, 5.74) is -0.786. The second-order valence-corrected chi connectivity index (χ2v) is 3.47. The maximum atomic E-state index is 13.4. The monoisotopic (exact) mass is 264 g/mol. The molecule has 92 valence electrons. The molecule has 0 amide bonds. The lowest BCUT2D eigenvalue weighted by atomic mass is 10.0. The summed E-state index contributed by atoms with van der Waals surface area (Å²) in [4.78, 5) is 21.1. The van der Waals surface area contributed by atoms with Crippen molar-refractivity contribution in [1.82, 2.24) is 0 Å². The first kappa shape index (κ1) is 13.4. The number of aliphatic carboxylic acids is 1. The van der Waals surface area contributed by atoms with E-state index in [0.717, 1.165) is 18.2 Å². The first-order valence-electron chi connectivity index (χ1n) is 4.30. The molecule has 1 N–H and O–H groups in total. The lowest BCUT2D eigenvalue weighted by molar-refractivity contribution is -0.163. The molecule has 0 aliphatic carbocycles. The van der Waals surface area contributed by atoms with E-state index in [0.29, 0.717) is 0 Å². The second kappa shape index (κ2) is 4.67. The van der Waals surface area contributed by atoms with Gasteiger partial charge in [0.25, 0.3) is 0 Å². The third-order valence-electron chi connectivity index (χ3n) is 1.99. The van der Waals surface area contributed by atoms with Crippen LogP contribution in [0.5, 0.6) is 5.75 Å². The van der Waals surface area contributed by atoms with Gasteiger partial charge in [-0.3, -0.25) is 4.79 Å². The van der Waals surface area contributed by atoms with Crippen LogP contribution in [0.3, 0.4) is 0 Å². The summed E-state index contributed by atoms with van der Waals surface area (Å²) < 4.78 is 31.5. The third kappa shape index (κ3) is 2.52. The van der Waals surface area contributed by atoms with Gasteiger partial charge in [-0.25, -0.2) is 4.79 Å². The molecule has 0 unspecified atom stereocenters. The van der Waals surface area contributed by atoms with Crippen LogP contribution in [0, 0.1) is 0 Å². The highest BCUT2D eigenvalue weighted by molar-refractivity contribution is 6.35. The smallest absolute Gasteiger partial charge is 0.379 e. The number of carbonyl (C=O) groups excluding carboxylic acids is 1. The number of carbonyl (C=O) groups is 2. The van der Waals surface area contributed by atoms with Gasteiger partial charge in [-0.15, -0.1) is 0 Å². The number of alkyl halides is 2.